The van der Waals surface area contributed by atoms with E-state index in [1.54, 1.807) is 21.3 Å². The van der Waals surface area contributed by atoms with Crippen molar-refractivity contribution in [3.05, 3.63) is 23.8 Å². The summed E-state index contributed by atoms with van der Waals surface area (Å²) in [6.45, 7) is 4.77. The fourth-order valence-electron chi connectivity index (χ4n) is 2.16. The highest BCUT2D eigenvalue weighted by molar-refractivity contribution is 5.81. The molecular weight excluding hydrogens is 268 g/mol. The van der Waals surface area contributed by atoms with Crippen LogP contribution in [-0.2, 0) is 11.3 Å². The number of hydrogen-bond donors (Lipinski definition) is 2. The van der Waals surface area contributed by atoms with E-state index in [9.17, 15) is 4.79 Å². The van der Waals surface area contributed by atoms with Gasteiger partial charge in [0.15, 0.2) is 0 Å². The van der Waals surface area contributed by atoms with E-state index >= 15 is 0 Å². The number of carbonyl (C=O) groups excluding carboxylic acids is 1. The number of ether oxygens (including phenoxy) is 2. The molecule has 118 valence electrons. The number of carbonyl (C=O) groups is 1. The minimum absolute atomic E-state index is 0.0104. The minimum Gasteiger partial charge on any atom is -0.497 e. The third-order valence-electron chi connectivity index (χ3n) is 3.30. The molecule has 0 aliphatic rings. The normalized spacial score (nSPS) is 12.1. The van der Waals surface area contributed by atoms with Crippen molar-refractivity contribution in [1.29, 1.82) is 0 Å². The average Bonchev–Trinajstić information content (AvgIpc) is 2.49. The van der Waals surface area contributed by atoms with Gasteiger partial charge in [-0.1, -0.05) is 19.9 Å². The van der Waals surface area contributed by atoms with E-state index < -0.39 is 0 Å². The molecule has 1 aromatic rings. The Morgan fingerprint density at radius 1 is 1.24 bits per heavy atom. The smallest absolute Gasteiger partial charge is 0.236 e. The summed E-state index contributed by atoms with van der Waals surface area (Å²) in [5.41, 5.74) is 0.996. The Morgan fingerprint density at radius 2 is 1.95 bits per heavy atom. The molecule has 0 saturated carbocycles. The van der Waals surface area contributed by atoms with Gasteiger partial charge in [0.2, 0.25) is 5.91 Å². The summed E-state index contributed by atoms with van der Waals surface area (Å²) >= 11 is 0. The molecule has 0 spiro atoms. The second-order valence-corrected chi connectivity index (χ2v) is 5.36. The zero-order valence-electron chi connectivity index (χ0n) is 13.5. The number of benzene rings is 1. The Hall–Kier alpha value is -1.75. The fraction of sp³-hybridized carbons (Fsp3) is 0.562. The van der Waals surface area contributed by atoms with Gasteiger partial charge in [-0.3, -0.25) is 4.79 Å². The first kappa shape index (κ1) is 17.3. The maximum absolute atomic E-state index is 11.9. The molecule has 0 heterocycles. The molecule has 0 aliphatic carbocycles. The van der Waals surface area contributed by atoms with Gasteiger partial charge in [0.1, 0.15) is 11.5 Å². The van der Waals surface area contributed by atoms with Gasteiger partial charge in [-0.2, -0.15) is 0 Å². The van der Waals surface area contributed by atoms with Crippen molar-refractivity contribution < 1.29 is 14.3 Å². The standard InChI is InChI=1S/C16H26N2O3/c1-11(2)8-14(16(19)17-3)18-10-12-6-7-13(20-4)9-15(12)21-5/h6-7,9,11,14,18H,8,10H2,1-5H3,(H,17,19). The maximum Gasteiger partial charge on any atom is 0.236 e. The molecule has 2 N–H and O–H groups in total. The molecule has 0 saturated heterocycles. The van der Waals surface area contributed by atoms with Crippen molar-refractivity contribution in [2.24, 2.45) is 5.92 Å². The first-order valence-electron chi connectivity index (χ1n) is 7.17. The number of nitrogens with one attached hydrogen (secondary N) is 2. The molecule has 0 fully saturated rings. The molecule has 1 atom stereocenters. The van der Waals surface area contributed by atoms with Gasteiger partial charge in [-0.05, 0) is 18.4 Å². The zero-order chi connectivity index (χ0) is 15.8. The van der Waals surface area contributed by atoms with E-state index in [-0.39, 0.29) is 11.9 Å². The topological polar surface area (TPSA) is 59.6 Å². The summed E-state index contributed by atoms with van der Waals surface area (Å²) in [4.78, 5) is 11.9. The maximum atomic E-state index is 11.9. The second kappa shape index (κ2) is 8.52. The molecule has 1 amide bonds. The molecule has 5 nitrogen and oxygen atoms in total. The molecule has 1 unspecified atom stereocenters. The molecular formula is C16H26N2O3. The number of methoxy groups -OCH3 is 2. The van der Waals surface area contributed by atoms with Crippen LogP contribution in [0.4, 0.5) is 0 Å². The van der Waals surface area contributed by atoms with Crippen LogP contribution in [0.2, 0.25) is 0 Å². The highest BCUT2D eigenvalue weighted by atomic mass is 16.5. The Kier molecular flexibility index (Phi) is 7.02. The van der Waals surface area contributed by atoms with Crippen molar-refractivity contribution >= 4 is 5.91 Å². The van der Waals surface area contributed by atoms with Crippen molar-refractivity contribution in [2.45, 2.75) is 32.9 Å². The van der Waals surface area contributed by atoms with E-state index in [2.05, 4.69) is 24.5 Å². The molecule has 1 rings (SSSR count). The first-order valence-corrected chi connectivity index (χ1v) is 7.17. The fourth-order valence-corrected chi connectivity index (χ4v) is 2.16. The molecule has 0 aromatic heterocycles. The Morgan fingerprint density at radius 3 is 2.48 bits per heavy atom. The molecule has 5 heteroatoms. The van der Waals surface area contributed by atoms with Crippen LogP contribution in [0.1, 0.15) is 25.8 Å². The Balaban J connectivity index is 2.77. The van der Waals surface area contributed by atoms with Crippen molar-refractivity contribution in [2.75, 3.05) is 21.3 Å². The van der Waals surface area contributed by atoms with Gasteiger partial charge >= 0.3 is 0 Å². The number of rotatable bonds is 8. The van der Waals surface area contributed by atoms with Gasteiger partial charge < -0.3 is 20.1 Å². The van der Waals surface area contributed by atoms with Crippen LogP contribution in [0, 0.1) is 5.92 Å². The number of likely N-dealkylation sites (N-methyl/N-ethyl adjacent to an activating group) is 1. The first-order chi connectivity index (χ1) is 10.0. The van der Waals surface area contributed by atoms with Gasteiger partial charge in [0.25, 0.3) is 0 Å². The SMILES string of the molecule is CNC(=O)C(CC(C)C)NCc1ccc(OC)cc1OC. The van der Waals surface area contributed by atoms with Gasteiger partial charge in [-0.25, -0.2) is 0 Å². The van der Waals surface area contributed by atoms with Crippen LogP contribution >= 0.6 is 0 Å². The third kappa shape index (κ3) is 5.27. The summed E-state index contributed by atoms with van der Waals surface area (Å²) in [6.07, 6.45) is 0.790. The lowest BCUT2D eigenvalue weighted by molar-refractivity contribution is -0.123. The Bertz CT molecular complexity index is 461. The van der Waals surface area contributed by atoms with Crippen LogP contribution in [0.3, 0.4) is 0 Å². The van der Waals surface area contributed by atoms with E-state index in [1.807, 2.05) is 18.2 Å². The lowest BCUT2D eigenvalue weighted by Gasteiger charge is -2.20. The molecule has 0 radical (unpaired) electrons. The summed E-state index contributed by atoms with van der Waals surface area (Å²) in [5.74, 6) is 1.96. The second-order valence-electron chi connectivity index (χ2n) is 5.36. The molecule has 0 bridgehead atoms. The van der Waals surface area contributed by atoms with Crippen molar-refractivity contribution in [3.8, 4) is 11.5 Å². The van der Waals surface area contributed by atoms with E-state index in [0.717, 1.165) is 23.5 Å². The number of amides is 1. The molecule has 0 aliphatic heterocycles. The van der Waals surface area contributed by atoms with Crippen LogP contribution in [0.25, 0.3) is 0 Å². The highest BCUT2D eigenvalue weighted by Gasteiger charge is 2.18. The molecule has 1 aromatic carbocycles. The summed E-state index contributed by atoms with van der Waals surface area (Å²) in [6, 6.07) is 5.47. The van der Waals surface area contributed by atoms with Crippen LogP contribution in [0.5, 0.6) is 11.5 Å². The summed E-state index contributed by atoms with van der Waals surface area (Å²) < 4.78 is 10.5. The Labute approximate surface area is 127 Å². The monoisotopic (exact) mass is 294 g/mol. The van der Waals surface area contributed by atoms with Gasteiger partial charge in [0.05, 0.1) is 20.3 Å². The average molecular weight is 294 g/mol. The quantitative estimate of drug-likeness (QED) is 0.769. The van der Waals surface area contributed by atoms with Crippen LogP contribution in [0.15, 0.2) is 18.2 Å². The van der Waals surface area contributed by atoms with E-state index in [0.29, 0.717) is 12.5 Å². The predicted octanol–water partition coefficient (Wildman–Crippen LogP) is 1.95. The summed E-state index contributed by atoms with van der Waals surface area (Å²) in [5, 5.41) is 6.00. The van der Waals surface area contributed by atoms with E-state index in [1.165, 1.54) is 0 Å². The van der Waals surface area contributed by atoms with Crippen molar-refractivity contribution in [3.63, 3.8) is 0 Å². The van der Waals surface area contributed by atoms with Gasteiger partial charge in [-0.15, -0.1) is 0 Å². The highest BCUT2D eigenvalue weighted by Crippen LogP contribution is 2.24. The van der Waals surface area contributed by atoms with Crippen LogP contribution < -0.4 is 20.1 Å². The largest absolute Gasteiger partial charge is 0.497 e. The number of hydrogen-bond acceptors (Lipinski definition) is 4. The lowest BCUT2D eigenvalue weighted by Crippen LogP contribution is -2.43. The van der Waals surface area contributed by atoms with Crippen LogP contribution in [-0.4, -0.2) is 33.2 Å². The van der Waals surface area contributed by atoms with Gasteiger partial charge in [0, 0.05) is 25.2 Å². The predicted molar refractivity (Wildman–Crippen MR) is 83.7 cm³/mol. The third-order valence-corrected chi connectivity index (χ3v) is 3.30. The van der Waals surface area contributed by atoms with E-state index in [4.69, 9.17) is 9.47 Å². The molecule has 21 heavy (non-hydrogen) atoms. The summed E-state index contributed by atoms with van der Waals surface area (Å²) in [7, 11) is 4.91. The minimum atomic E-state index is -0.207. The zero-order valence-corrected chi connectivity index (χ0v) is 13.5. The van der Waals surface area contributed by atoms with Crippen molar-refractivity contribution in [1.82, 2.24) is 10.6 Å². The lowest BCUT2D eigenvalue weighted by atomic mass is 10.0.